The fourth-order valence-corrected chi connectivity index (χ4v) is 3.05. The molecule has 13 heavy (non-hydrogen) atoms. The molecule has 0 bridgehead atoms. The summed E-state index contributed by atoms with van der Waals surface area (Å²) in [6.07, 6.45) is 1.24. The summed E-state index contributed by atoms with van der Waals surface area (Å²) in [5.74, 6) is 0. The van der Waals surface area contributed by atoms with Gasteiger partial charge in [-0.25, -0.2) is 0 Å². The molecule has 0 nitrogen and oxygen atoms in total. The molecule has 0 aliphatic carbocycles. The Balaban J connectivity index is 2.23. The van der Waals surface area contributed by atoms with Gasteiger partial charge >= 0.3 is 0 Å². The van der Waals surface area contributed by atoms with Crippen molar-refractivity contribution in [2.24, 2.45) is 5.41 Å². The molecule has 1 heteroatoms. The summed E-state index contributed by atoms with van der Waals surface area (Å²) in [4.78, 5) is 1.49. The molecule has 0 spiro atoms. The van der Waals surface area contributed by atoms with Crippen LogP contribution in [-0.4, -0.2) is 5.25 Å². The van der Waals surface area contributed by atoms with Gasteiger partial charge in [0.15, 0.2) is 0 Å². The predicted molar refractivity (Wildman–Crippen MR) is 59.2 cm³/mol. The summed E-state index contributed by atoms with van der Waals surface area (Å²) in [6, 6.07) is 8.78. The maximum atomic E-state index is 2.33. The quantitative estimate of drug-likeness (QED) is 0.603. The van der Waals surface area contributed by atoms with E-state index < -0.39 is 0 Å². The van der Waals surface area contributed by atoms with Crippen LogP contribution < -0.4 is 0 Å². The van der Waals surface area contributed by atoms with Crippen molar-refractivity contribution in [3.05, 3.63) is 29.8 Å². The van der Waals surface area contributed by atoms with Crippen LogP contribution in [0.2, 0.25) is 0 Å². The highest BCUT2D eigenvalue weighted by Gasteiger charge is 2.31. The summed E-state index contributed by atoms with van der Waals surface area (Å²) < 4.78 is 0. The first-order valence-corrected chi connectivity index (χ1v) is 5.70. The number of rotatable bonds is 0. The van der Waals surface area contributed by atoms with Gasteiger partial charge in [-0.05, 0) is 23.5 Å². The average Bonchev–Trinajstić information content (AvgIpc) is 2.45. The molecule has 1 atom stereocenters. The Hall–Kier alpha value is -0.430. The van der Waals surface area contributed by atoms with Crippen LogP contribution in [0.3, 0.4) is 0 Å². The molecule has 1 aliphatic heterocycles. The van der Waals surface area contributed by atoms with E-state index in [2.05, 4.69) is 45.0 Å². The lowest BCUT2D eigenvalue weighted by Crippen LogP contribution is -2.22. The van der Waals surface area contributed by atoms with Crippen molar-refractivity contribution in [2.45, 2.75) is 37.3 Å². The minimum Gasteiger partial charge on any atom is -0.122 e. The standard InChI is InChI=1S/C12H16S/c1-12(2,3)11-8-9-6-4-5-7-10(9)13-11/h4-7,11H,8H2,1-3H3. The molecule has 1 aliphatic rings. The van der Waals surface area contributed by atoms with Crippen LogP contribution in [-0.2, 0) is 6.42 Å². The minimum atomic E-state index is 0.420. The van der Waals surface area contributed by atoms with Crippen LogP contribution >= 0.6 is 11.8 Å². The number of fused-ring (bicyclic) bond motifs is 1. The molecule has 0 aromatic heterocycles. The monoisotopic (exact) mass is 192 g/mol. The number of thioether (sulfide) groups is 1. The Morgan fingerprint density at radius 2 is 1.92 bits per heavy atom. The highest BCUT2D eigenvalue weighted by molar-refractivity contribution is 8.00. The van der Waals surface area contributed by atoms with Crippen LogP contribution in [0.15, 0.2) is 29.2 Å². The second-order valence-corrected chi connectivity index (χ2v) is 6.03. The third-order valence-corrected chi connectivity index (χ3v) is 4.42. The van der Waals surface area contributed by atoms with Crippen LogP contribution in [0.4, 0.5) is 0 Å². The summed E-state index contributed by atoms with van der Waals surface area (Å²) in [5.41, 5.74) is 1.95. The van der Waals surface area contributed by atoms with Crippen molar-refractivity contribution in [1.82, 2.24) is 0 Å². The Morgan fingerprint density at radius 3 is 2.54 bits per heavy atom. The van der Waals surface area contributed by atoms with E-state index in [9.17, 15) is 0 Å². The van der Waals surface area contributed by atoms with Gasteiger partial charge in [-0.15, -0.1) is 11.8 Å². The van der Waals surface area contributed by atoms with Crippen LogP contribution in [0.1, 0.15) is 26.3 Å². The Morgan fingerprint density at radius 1 is 1.23 bits per heavy atom. The lowest BCUT2D eigenvalue weighted by atomic mass is 9.88. The molecule has 0 N–H and O–H groups in total. The molecule has 0 amide bonds. The summed E-state index contributed by atoms with van der Waals surface area (Å²) in [7, 11) is 0. The topological polar surface area (TPSA) is 0 Å². The fraction of sp³-hybridized carbons (Fsp3) is 0.500. The van der Waals surface area contributed by atoms with E-state index in [4.69, 9.17) is 0 Å². The second-order valence-electron chi connectivity index (χ2n) is 4.78. The van der Waals surface area contributed by atoms with Gasteiger partial charge in [0.05, 0.1) is 0 Å². The van der Waals surface area contributed by atoms with Gasteiger partial charge in [-0.2, -0.15) is 0 Å². The van der Waals surface area contributed by atoms with Gasteiger partial charge in [0.2, 0.25) is 0 Å². The first kappa shape index (κ1) is 9.14. The fourth-order valence-electron chi connectivity index (χ4n) is 1.67. The average molecular weight is 192 g/mol. The lowest BCUT2D eigenvalue weighted by Gasteiger charge is -2.25. The highest BCUT2D eigenvalue weighted by Crippen LogP contribution is 2.44. The molecule has 0 saturated heterocycles. The zero-order valence-electron chi connectivity index (χ0n) is 8.50. The van der Waals surface area contributed by atoms with Gasteiger partial charge in [-0.3, -0.25) is 0 Å². The SMILES string of the molecule is CC(C)(C)C1Cc2ccccc2S1. The largest absolute Gasteiger partial charge is 0.122 e. The van der Waals surface area contributed by atoms with Crippen molar-refractivity contribution in [3.63, 3.8) is 0 Å². The molecule has 1 unspecified atom stereocenters. The van der Waals surface area contributed by atoms with Crippen molar-refractivity contribution < 1.29 is 0 Å². The second kappa shape index (κ2) is 3.06. The van der Waals surface area contributed by atoms with Gasteiger partial charge < -0.3 is 0 Å². The van der Waals surface area contributed by atoms with Crippen molar-refractivity contribution in [2.75, 3.05) is 0 Å². The van der Waals surface area contributed by atoms with Crippen molar-refractivity contribution in [1.29, 1.82) is 0 Å². The number of hydrogen-bond donors (Lipinski definition) is 0. The van der Waals surface area contributed by atoms with E-state index in [1.807, 2.05) is 11.8 Å². The van der Waals surface area contributed by atoms with Crippen molar-refractivity contribution in [3.8, 4) is 0 Å². The molecular weight excluding hydrogens is 176 g/mol. The third-order valence-electron chi connectivity index (χ3n) is 2.61. The zero-order valence-corrected chi connectivity index (χ0v) is 9.32. The van der Waals surface area contributed by atoms with E-state index in [1.54, 1.807) is 0 Å². The zero-order chi connectivity index (χ0) is 9.47. The number of benzene rings is 1. The summed E-state index contributed by atoms with van der Waals surface area (Å²) in [6.45, 7) is 6.99. The van der Waals surface area contributed by atoms with Gasteiger partial charge in [0.1, 0.15) is 0 Å². The third kappa shape index (κ3) is 1.76. The van der Waals surface area contributed by atoms with Gasteiger partial charge in [0, 0.05) is 10.1 Å². The first-order chi connectivity index (χ1) is 6.07. The van der Waals surface area contributed by atoms with Gasteiger partial charge in [-0.1, -0.05) is 39.0 Å². The smallest absolute Gasteiger partial charge is 0.0184 e. The first-order valence-electron chi connectivity index (χ1n) is 4.82. The molecule has 0 fully saturated rings. The van der Waals surface area contributed by atoms with E-state index in [-0.39, 0.29) is 0 Å². The molecule has 70 valence electrons. The molecule has 1 heterocycles. The van der Waals surface area contributed by atoms with E-state index >= 15 is 0 Å². The molecule has 1 aromatic rings. The molecule has 0 radical (unpaired) electrons. The van der Waals surface area contributed by atoms with Crippen LogP contribution in [0.25, 0.3) is 0 Å². The van der Waals surface area contributed by atoms with Crippen molar-refractivity contribution >= 4 is 11.8 Å². The molecule has 0 saturated carbocycles. The lowest BCUT2D eigenvalue weighted by molar-refractivity contribution is 0.396. The number of hydrogen-bond acceptors (Lipinski definition) is 1. The van der Waals surface area contributed by atoms with E-state index in [0.29, 0.717) is 5.41 Å². The molecule has 1 aromatic carbocycles. The van der Waals surface area contributed by atoms with Gasteiger partial charge in [0.25, 0.3) is 0 Å². The van der Waals surface area contributed by atoms with Crippen LogP contribution in [0, 0.1) is 5.41 Å². The summed E-state index contributed by atoms with van der Waals surface area (Å²) in [5, 5.41) is 0.755. The normalized spacial score (nSPS) is 21.6. The predicted octanol–water partition coefficient (Wildman–Crippen LogP) is 3.75. The van der Waals surface area contributed by atoms with E-state index in [1.165, 1.54) is 16.9 Å². The Bertz CT molecular complexity index is 284. The summed E-state index contributed by atoms with van der Waals surface area (Å²) >= 11 is 2.04. The molecular formula is C12H16S. The highest BCUT2D eigenvalue weighted by atomic mass is 32.2. The maximum absolute atomic E-state index is 2.33. The maximum Gasteiger partial charge on any atom is 0.0184 e. The Kier molecular flexibility index (Phi) is 2.15. The Labute approximate surface area is 84.7 Å². The minimum absolute atomic E-state index is 0.420. The molecule has 2 rings (SSSR count). The van der Waals surface area contributed by atoms with Crippen LogP contribution in [0.5, 0.6) is 0 Å². The van der Waals surface area contributed by atoms with E-state index in [0.717, 1.165) is 5.25 Å².